The molecule has 0 unspecified atom stereocenters. The Morgan fingerprint density at radius 3 is 2.61 bits per heavy atom. The van der Waals surface area contributed by atoms with Crippen molar-refractivity contribution in [1.29, 1.82) is 0 Å². The molecule has 3 rings (SSSR count). The van der Waals surface area contributed by atoms with E-state index < -0.39 is 17.8 Å². The molecule has 0 aromatic heterocycles. The number of ether oxygens (including phenoxy) is 3. The fourth-order valence-corrected chi connectivity index (χ4v) is 3.03. The van der Waals surface area contributed by atoms with Crippen molar-refractivity contribution in [2.24, 2.45) is 0 Å². The Balaban J connectivity index is 1.82. The van der Waals surface area contributed by atoms with E-state index in [9.17, 15) is 14.4 Å². The third-order valence-corrected chi connectivity index (χ3v) is 4.86. The zero-order valence-electron chi connectivity index (χ0n) is 17.2. The summed E-state index contributed by atoms with van der Waals surface area (Å²) in [6, 6.07) is 9.89. The van der Waals surface area contributed by atoms with E-state index in [1.165, 1.54) is 13.2 Å². The lowest BCUT2D eigenvalue weighted by atomic mass is 10.1. The van der Waals surface area contributed by atoms with E-state index >= 15 is 0 Å². The van der Waals surface area contributed by atoms with Crippen molar-refractivity contribution in [3.63, 3.8) is 0 Å². The van der Waals surface area contributed by atoms with Crippen molar-refractivity contribution in [2.45, 2.75) is 13.8 Å². The van der Waals surface area contributed by atoms with Crippen LogP contribution in [0.25, 0.3) is 6.08 Å². The van der Waals surface area contributed by atoms with Crippen LogP contribution in [0.4, 0.5) is 5.69 Å². The number of methoxy groups -OCH3 is 1. The van der Waals surface area contributed by atoms with Crippen LogP contribution in [0.2, 0.25) is 5.02 Å². The van der Waals surface area contributed by atoms with Gasteiger partial charge in [-0.25, -0.2) is 9.80 Å². The molecule has 2 aromatic rings. The zero-order valence-corrected chi connectivity index (χ0v) is 18.0. The first-order chi connectivity index (χ1) is 14.8. The number of amides is 2. The molecular weight excluding hydrogens is 424 g/mol. The second-order valence-corrected chi connectivity index (χ2v) is 6.98. The topological polar surface area (TPSA) is 94.2 Å². The molecule has 0 atom stereocenters. The number of hydrogen-bond donors (Lipinski definition) is 1. The monoisotopic (exact) mass is 444 g/mol. The van der Waals surface area contributed by atoms with Gasteiger partial charge in [-0.15, -0.1) is 0 Å². The third kappa shape index (κ3) is 4.97. The largest absolute Gasteiger partial charge is 0.493 e. The van der Waals surface area contributed by atoms with Gasteiger partial charge in [0.2, 0.25) is 0 Å². The predicted molar refractivity (Wildman–Crippen MR) is 115 cm³/mol. The maximum absolute atomic E-state index is 12.8. The lowest BCUT2D eigenvalue weighted by molar-refractivity contribution is -0.145. The Bertz CT molecular complexity index is 1070. The lowest BCUT2D eigenvalue weighted by Gasteiger charge is -2.15. The highest BCUT2D eigenvalue weighted by Crippen LogP contribution is 2.30. The smallest absolute Gasteiger partial charge is 0.344 e. The minimum absolute atomic E-state index is 0.0426. The number of carbonyl (C=O) groups is 3. The molecule has 31 heavy (non-hydrogen) atoms. The van der Waals surface area contributed by atoms with Gasteiger partial charge in [-0.2, -0.15) is 0 Å². The van der Waals surface area contributed by atoms with E-state index in [0.717, 1.165) is 10.6 Å². The third-order valence-electron chi connectivity index (χ3n) is 4.45. The number of esters is 1. The van der Waals surface area contributed by atoms with Crippen LogP contribution >= 0.6 is 11.6 Å². The van der Waals surface area contributed by atoms with Crippen LogP contribution < -0.4 is 19.9 Å². The summed E-state index contributed by atoms with van der Waals surface area (Å²) >= 11 is 6.13. The number of nitrogens with one attached hydrogen (secondary N) is 1. The number of rotatable bonds is 7. The first-order valence-corrected chi connectivity index (χ1v) is 9.81. The number of hydrogen-bond acceptors (Lipinski definition) is 6. The van der Waals surface area contributed by atoms with Gasteiger partial charge in [0.05, 0.1) is 19.4 Å². The summed E-state index contributed by atoms with van der Waals surface area (Å²) in [4.78, 5) is 36.7. The van der Waals surface area contributed by atoms with E-state index in [2.05, 4.69) is 5.43 Å². The first-order valence-electron chi connectivity index (χ1n) is 9.43. The van der Waals surface area contributed by atoms with Gasteiger partial charge >= 0.3 is 5.97 Å². The van der Waals surface area contributed by atoms with E-state index in [-0.39, 0.29) is 18.8 Å². The highest BCUT2D eigenvalue weighted by Gasteiger charge is 2.34. The molecule has 1 saturated heterocycles. The summed E-state index contributed by atoms with van der Waals surface area (Å²) in [6.07, 6.45) is 1.45. The van der Waals surface area contributed by atoms with Gasteiger partial charge < -0.3 is 14.2 Å². The Hall–Kier alpha value is -3.52. The SMILES string of the molecule is CCOC(=O)COc1ccc(/C=C2/C(=O)NN(c3ccc(C)c(Cl)c3)C2=O)cc1OC. The Kier molecular flexibility index (Phi) is 6.81. The van der Waals surface area contributed by atoms with Crippen LogP contribution in [0, 0.1) is 6.92 Å². The van der Waals surface area contributed by atoms with Crippen molar-refractivity contribution in [1.82, 2.24) is 5.43 Å². The maximum Gasteiger partial charge on any atom is 0.344 e. The number of aryl methyl sites for hydroxylation is 1. The quantitative estimate of drug-likeness (QED) is 0.400. The highest BCUT2D eigenvalue weighted by atomic mass is 35.5. The highest BCUT2D eigenvalue weighted by molar-refractivity contribution is 6.33. The molecule has 1 heterocycles. The molecular formula is C22H21ClN2O6. The van der Waals surface area contributed by atoms with Gasteiger partial charge in [0.15, 0.2) is 18.1 Å². The van der Waals surface area contributed by atoms with Crippen molar-refractivity contribution in [3.8, 4) is 11.5 Å². The predicted octanol–water partition coefficient (Wildman–Crippen LogP) is 3.06. The summed E-state index contributed by atoms with van der Waals surface area (Å²) in [5.74, 6) is -0.877. The second-order valence-electron chi connectivity index (χ2n) is 6.58. The summed E-state index contributed by atoms with van der Waals surface area (Å²) < 4.78 is 15.5. The number of benzene rings is 2. The Morgan fingerprint density at radius 1 is 1.16 bits per heavy atom. The van der Waals surface area contributed by atoms with Gasteiger partial charge in [0.25, 0.3) is 11.8 Å². The van der Waals surface area contributed by atoms with Gasteiger partial charge in [-0.3, -0.25) is 15.0 Å². The molecule has 8 nitrogen and oxygen atoms in total. The number of carbonyl (C=O) groups excluding carboxylic acids is 3. The van der Waals surface area contributed by atoms with E-state index in [1.54, 1.807) is 43.3 Å². The molecule has 2 aromatic carbocycles. The van der Waals surface area contributed by atoms with Crippen molar-refractivity contribution < 1.29 is 28.6 Å². The zero-order chi connectivity index (χ0) is 22.5. The molecule has 1 aliphatic rings. The first kappa shape index (κ1) is 22.2. The standard InChI is InChI=1S/C22H21ClN2O6/c1-4-30-20(26)12-31-18-8-6-14(10-19(18)29-3)9-16-21(27)24-25(22(16)28)15-7-5-13(2)17(23)11-15/h5-11H,4,12H2,1-3H3,(H,24,27)/b16-9-. The number of halogens is 1. The second kappa shape index (κ2) is 9.53. The molecule has 1 aliphatic heterocycles. The number of nitrogens with zero attached hydrogens (tertiary/aromatic N) is 1. The molecule has 0 spiro atoms. The van der Waals surface area contributed by atoms with Crippen molar-refractivity contribution >= 4 is 41.1 Å². The number of anilines is 1. The Morgan fingerprint density at radius 2 is 1.94 bits per heavy atom. The van der Waals surface area contributed by atoms with Crippen LogP contribution in [0.5, 0.6) is 11.5 Å². The van der Waals surface area contributed by atoms with E-state index in [0.29, 0.717) is 27.8 Å². The molecule has 0 bridgehead atoms. The van der Waals surface area contributed by atoms with Crippen LogP contribution in [0.1, 0.15) is 18.1 Å². The summed E-state index contributed by atoms with van der Waals surface area (Å²) in [6.45, 7) is 3.54. The van der Waals surface area contributed by atoms with Crippen molar-refractivity contribution in [3.05, 3.63) is 58.1 Å². The van der Waals surface area contributed by atoms with Crippen LogP contribution in [0.3, 0.4) is 0 Å². The van der Waals surface area contributed by atoms with E-state index in [4.69, 9.17) is 25.8 Å². The molecule has 0 radical (unpaired) electrons. The molecule has 2 amide bonds. The summed E-state index contributed by atoms with van der Waals surface area (Å²) in [5.41, 5.74) is 4.35. The van der Waals surface area contributed by atoms with Gasteiger partial charge in [-0.05, 0) is 55.3 Å². The fourth-order valence-electron chi connectivity index (χ4n) is 2.86. The van der Waals surface area contributed by atoms with Crippen LogP contribution in [-0.2, 0) is 19.1 Å². The van der Waals surface area contributed by atoms with Crippen LogP contribution in [-0.4, -0.2) is 38.1 Å². The summed E-state index contributed by atoms with van der Waals surface area (Å²) in [5, 5.41) is 1.63. The molecule has 162 valence electrons. The maximum atomic E-state index is 12.8. The molecule has 1 fully saturated rings. The molecule has 0 aliphatic carbocycles. The van der Waals surface area contributed by atoms with Crippen molar-refractivity contribution in [2.75, 3.05) is 25.3 Å². The average molecular weight is 445 g/mol. The average Bonchev–Trinajstić information content (AvgIpc) is 3.03. The molecule has 1 N–H and O–H groups in total. The van der Waals surface area contributed by atoms with Crippen LogP contribution in [0.15, 0.2) is 42.0 Å². The number of hydrazine groups is 1. The molecule has 9 heteroatoms. The fraction of sp³-hybridized carbons (Fsp3) is 0.227. The minimum Gasteiger partial charge on any atom is -0.493 e. The normalized spacial score (nSPS) is 14.6. The molecule has 0 saturated carbocycles. The van der Waals surface area contributed by atoms with E-state index in [1.807, 2.05) is 6.92 Å². The lowest BCUT2D eigenvalue weighted by Crippen LogP contribution is -2.35. The van der Waals surface area contributed by atoms with Gasteiger partial charge in [-0.1, -0.05) is 23.7 Å². The van der Waals surface area contributed by atoms with Gasteiger partial charge in [0, 0.05) is 5.02 Å². The minimum atomic E-state index is -0.539. The Labute approximate surface area is 184 Å². The summed E-state index contributed by atoms with van der Waals surface area (Å²) in [7, 11) is 1.44. The van der Waals surface area contributed by atoms with Gasteiger partial charge in [0.1, 0.15) is 5.57 Å².